The molecule has 2 aliphatic heterocycles. The summed E-state index contributed by atoms with van der Waals surface area (Å²) in [6.07, 6.45) is 3.21. The molecule has 2 N–H and O–H groups in total. The first-order valence-corrected chi connectivity index (χ1v) is 12.5. The second-order valence-corrected chi connectivity index (χ2v) is 11.1. The maximum Gasteiger partial charge on any atom is 0.320 e. The molecule has 1 aliphatic carbocycles. The molecule has 1 saturated carbocycles. The van der Waals surface area contributed by atoms with Crippen LogP contribution in [0, 0.1) is 24.2 Å². The molecule has 6 rings (SSSR count). The van der Waals surface area contributed by atoms with Gasteiger partial charge in [0.1, 0.15) is 29.9 Å². The number of imide groups is 1. The number of aryl methyl sites for hydroxylation is 1. The van der Waals surface area contributed by atoms with Gasteiger partial charge < -0.3 is 15.2 Å². The van der Waals surface area contributed by atoms with E-state index in [1.165, 1.54) is 11.2 Å². The van der Waals surface area contributed by atoms with E-state index in [2.05, 4.69) is 15.4 Å². The summed E-state index contributed by atoms with van der Waals surface area (Å²) in [4.78, 5) is 42.9. The molecule has 10 nitrogen and oxygen atoms in total. The second kappa shape index (κ2) is 8.26. The van der Waals surface area contributed by atoms with Gasteiger partial charge in [-0.1, -0.05) is 25.4 Å². The Morgan fingerprint density at radius 2 is 1.97 bits per heavy atom. The van der Waals surface area contributed by atoms with Crippen molar-refractivity contribution in [1.82, 2.24) is 24.8 Å². The van der Waals surface area contributed by atoms with Crippen molar-refractivity contribution < 1.29 is 24.2 Å². The summed E-state index contributed by atoms with van der Waals surface area (Å²) < 4.78 is 7.96. The lowest BCUT2D eigenvalue weighted by Crippen LogP contribution is -2.35. The average Bonchev–Trinajstić information content (AvgIpc) is 3.24. The number of aliphatic carboxylic acids is 1. The molecule has 2 saturated heterocycles. The zero-order chi connectivity index (χ0) is 26.2. The maximum absolute atomic E-state index is 12.8. The van der Waals surface area contributed by atoms with Gasteiger partial charge in [-0.25, -0.2) is 9.50 Å². The fraction of sp³-hybridized carbons (Fsp3) is 0.423. The number of rotatable bonds is 6. The predicted octanol–water partition coefficient (Wildman–Crippen LogP) is 2.69. The molecule has 37 heavy (non-hydrogen) atoms. The van der Waals surface area contributed by atoms with Crippen molar-refractivity contribution in [3.8, 4) is 17.0 Å². The molecule has 2 unspecified atom stereocenters. The van der Waals surface area contributed by atoms with E-state index in [0.717, 1.165) is 11.1 Å². The molecular weight excluding hydrogens is 498 g/mol. The van der Waals surface area contributed by atoms with Gasteiger partial charge in [-0.3, -0.25) is 19.3 Å². The number of nitrogens with zero attached hydrogens (tertiary/aromatic N) is 4. The lowest BCUT2D eigenvalue weighted by molar-refractivity contribution is -0.144. The van der Waals surface area contributed by atoms with Gasteiger partial charge in [0.05, 0.1) is 23.9 Å². The fourth-order valence-corrected chi connectivity index (χ4v) is 6.10. The normalized spacial score (nSPS) is 26.1. The van der Waals surface area contributed by atoms with E-state index in [1.807, 2.05) is 26.8 Å². The van der Waals surface area contributed by atoms with Crippen LogP contribution in [-0.4, -0.2) is 61.1 Å². The SMILES string of the molecule is Cc1cc(Cl)cc(-c2ncnn3cc(CN4C(=O)C5C(C4=O)C5(C)C)cc23)c1O[C@@H]1CN[C@H](C(=O)O)C1. The molecule has 0 spiro atoms. The van der Waals surface area contributed by atoms with Crippen LogP contribution in [-0.2, 0) is 20.9 Å². The van der Waals surface area contributed by atoms with E-state index in [0.29, 0.717) is 40.5 Å². The number of likely N-dealkylation sites (tertiary alicyclic amines) is 1. The summed E-state index contributed by atoms with van der Waals surface area (Å²) in [5.74, 6) is -1.04. The zero-order valence-corrected chi connectivity index (χ0v) is 21.3. The third kappa shape index (κ3) is 3.77. The number of halogens is 1. The standard InChI is InChI=1S/C26H26ClN5O5/c1-12-4-14(27)6-16(22(12)37-15-7-17(25(35)36)28-8-15)21-18-5-13(10-32(18)30-11-29-21)9-31-23(33)19-20(24(31)34)26(19,2)3/h4-6,10-11,15,17,19-20,28H,7-9H2,1-3H3,(H,35,36)/t15-,17-,19?,20?/m0/s1. The van der Waals surface area contributed by atoms with Gasteiger partial charge in [0.15, 0.2) is 0 Å². The summed E-state index contributed by atoms with van der Waals surface area (Å²) in [6.45, 7) is 6.37. The number of hydrogen-bond donors (Lipinski definition) is 2. The topological polar surface area (TPSA) is 126 Å². The number of carbonyl (C=O) groups excluding carboxylic acids is 2. The lowest BCUT2D eigenvalue weighted by Gasteiger charge is -2.19. The van der Waals surface area contributed by atoms with Gasteiger partial charge in [0, 0.05) is 29.7 Å². The van der Waals surface area contributed by atoms with Crippen LogP contribution in [0.15, 0.2) is 30.7 Å². The van der Waals surface area contributed by atoms with E-state index in [9.17, 15) is 19.5 Å². The molecule has 2 amide bonds. The molecular formula is C26H26ClN5O5. The fourth-order valence-electron chi connectivity index (χ4n) is 5.83. The first-order valence-electron chi connectivity index (χ1n) is 12.2. The third-order valence-corrected chi connectivity index (χ3v) is 8.08. The molecule has 2 aromatic heterocycles. The van der Waals surface area contributed by atoms with Crippen molar-refractivity contribution >= 4 is 34.9 Å². The van der Waals surface area contributed by atoms with Crippen molar-refractivity contribution in [2.75, 3.05) is 6.54 Å². The molecule has 1 aromatic carbocycles. The molecule has 0 radical (unpaired) electrons. The van der Waals surface area contributed by atoms with E-state index in [4.69, 9.17) is 16.3 Å². The number of hydrogen-bond acceptors (Lipinski definition) is 7. The highest BCUT2D eigenvalue weighted by Crippen LogP contribution is 2.63. The summed E-state index contributed by atoms with van der Waals surface area (Å²) in [7, 11) is 0. The minimum absolute atomic E-state index is 0.118. The Labute approximate surface area is 217 Å². The van der Waals surface area contributed by atoms with Crippen LogP contribution in [0.4, 0.5) is 0 Å². The highest BCUT2D eigenvalue weighted by molar-refractivity contribution is 6.31. The molecule has 192 valence electrons. The van der Waals surface area contributed by atoms with Crippen molar-refractivity contribution in [2.24, 2.45) is 17.3 Å². The largest absolute Gasteiger partial charge is 0.488 e. The third-order valence-electron chi connectivity index (χ3n) is 7.86. The Morgan fingerprint density at radius 3 is 2.65 bits per heavy atom. The van der Waals surface area contributed by atoms with Gasteiger partial charge in [0.25, 0.3) is 0 Å². The Kier molecular flexibility index (Phi) is 5.33. The lowest BCUT2D eigenvalue weighted by atomic mass is 10.0. The number of piperidine rings is 1. The Morgan fingerprint density at radius 1 is 1.24 bits per heavy atom. The minimum atomic E-state index is -0.909. The zero-order valence-electron chi connectivity index (χ0n) is 20.6. The summed E-state index contributed by atoms with van der Waals surface area (Å²) in [6, 6.07) is 4.76. The summed E-state index contributed by atoms with van der Waals surface area (Å²) in [5, 5.41) is 17.1. The van der Waals surface area contributed by atoms with Crippen LogP contribution in [0.3, 0.4) is 0 Å². The molecule has 4 atom stereocenters. The maximum atomic E-state index is 12.8. The van der Waals surface area contributed by atoms with E-state index in [-0.39, 0.29) is 41.7 Å². The Bertz CT molecular complexity index is 1460. The van der Waals surface area contributed by atoms with Gasteiger partial charge >= 0.3 is 5.97 Å². The van der Waals surface area contributed by atoms with Crippen LogP contribution < -0.4 is 10.1 Å². The summed E-state index contributed by atoms with van der Waals surface area (Å²) >= 11 is 6.42. The number of carbonyl (C=O) groups is 3. The highest BCUT2D eigenvalue weighted by Gasteiger charge is 2.72. The first kappa shape index (κ1) is 23.9. The van der Waals surface area contributed by atoms with E-state index in [1.54, 1.807) is 22.8 Å². The van der Waals surface area contributed by atoms with E-state index < -0.39 is 12.0 Å². The Balaban J connectivity index is 1.33. The van der Waals surface area contributed by atoms with Crippen LogP contribution >= 0.6 is 11.6 Å². The van der Waals surface area contributed by atoms with Gasteiger partial charge in [-0.15, -0.1) is 0 Å². The number of ether oxygens (including phenoxy) is 1. The molecule has 3 aliphatic rings. The Hall–Kier alpha value is -3.50. The summed E-state index contributed by atoms with van der Waals surface area (Å²) in [5.41, 5.74) is 3.19. The number of carboxylic acids is 1. The molecule has 3 aromatic rings. The van der Waals surface area contributed by atoms with Crippen molar-refractivity contribution in [3.05, 3.63) is 46.9 Å². The average molecular weight is 524 g/mol. The number of carboxylic acid groups (broad SMARTS) is 1. The first-order chi connectivity index (χ1) is 17.6. The van der Waals surface area contributed by atoms with Gasteiger partial charge in [-0.05, 0) is 41.7 Å². The number of benzene rings is 1. The van der Waals surface area contributed by atoms with Crippen molar-refractivity contribution in [2.45, 2.75) is 45.9 Å². The van der Waals surface area contributed by atoms with Crippen molar-refractivity contribution in [1.29, 1.82) is 0 Å². The number of nitrogens with one attached hydrogen (secondary N) is 1. The molecule has 3 fully saturated rings. The van der Waals surface area contributed by atoms with Gasteiger partial charge in [0.2, 0.25) is 11.8 Å². The van der Waals surface area contributed by atoms with E-state index >= 15 is 0 Å². The number of aromatic nitrogens is 3. The second-order valence-electron chi connectivity index (χ2n) is 10.7. The molecule has 11 heteroatoms. The number of amides is 2. The van der Waals surface area contributed by atoms with Crippen LogP contribution in [0.25, 0.3) is 16.8 Å². The van der Waals surface area contributed by atoms with Crippen molar-refractivity contribution in [3.63, 3.8) is 0 Å². The highest BCUT2D eigenvalue weighted by atomic mass is 35.5. The smallest absolute Gasteiger partial charge is 0.320 e. The quantitative estimate of drug-likeness (QED) is 0.472. The monoisotopic (exact) mass is 523 g/mol. The van der Waals surface area contributed by atoms with Crippen LogP contribution in [0.2, 0.25) is 5.02 Å². The van der Waals surface area contributed by atoms with Crippen LogP contribution in [0.1, 0.15) is 31.4 Å². The minimum Gasteiger partial charge on any atom is -0.488 e. The number of fused-ring (bicyclic) bond motifs is 2. The molecule has 4 heterocycles. The molecule has 0 bridgehead atoms. The van der Waals surface area contributed by atoms with Gasteiger partial charge in [-0.2, -0.15) is 5.10 Å². The van der Waals surface area contributed by atoms with Crippen LogP contribution in [0.5, 0.6) is 5.75 Å². The predicted molar refractivity (Wildman–Crippen MR) is 133 cm³/mol.